The van der Waals surface area contributed by atoms with E-state index in [1.54, 1.807) is 0 Å². The van der Waals surface area contributed by atoms with Gasteiger partial charge < -0.3 is 10.4 Å². The molecular weight excluding hydrogens is 354 g/mol. The Morgan fingerprint density at radius 2 is 1.81 bits per heavy atom. The largest absolute Gasteiger partial charge is 0.480 e. The van der Waals surface area contributed by atoms with Gasteiger partial charge in [0.1, 0.15) is 11.6 Å². The van der Waals surface area contributed by atoms with Gasteiger partial charge in [0.2, 0.25) is 5.91 Å². The van der Waals surface area contributed by atoms with Crippen molar-refractivity contribution in [1.82, 2.24) is 10.2 Å². The van der Waals surface area contributed by atoms with Crippen LogP contribution in [0.2, 0.25) is 0 Å². The molecule has 0 spiro atoms. The van der Waals surface area contributed by atoms with Gasteiger partial charge in [-0.3, -0.25) is 14.5 Å². The van der Waals surface area contributed by atoms with Crippen molar-refractivity contribution >= 4 is 11.9 Å². The van der Waals surface area contributed by atoms with Crippen LogP contribution < -0.4 is 5.32 Å². The highest BCUT2D eigenvalue weighted by atomic mass is 19.1. The molecular formula is C20H24F2N2O3. The normalized spacial score (nSPS) is 29.3. The number of carboxylic acids is 1. The first-order chi connectivity index (χ1) is 12.9. The maximum Gasteiger partial charge on any atom is 0.317 e. The molecule has 0 bridgehead atoms. The van der Waals surface area contributed by atoms with Gasteiger partial charge in [0.15, 0.2) is 0 Å². The monoisotopic (exact) mass is 378 g/mol. The molecule has 3 saturated carbocycles. The standard InChI is InChI=1S/C20H24F2N2O3/c21-16-2-1-3-17(22)19(16)14-8-15(14)20(27)23-12-6-13(7-12)24(10-18(25)26)9-11-4-5-11/h1-3,11-15H,4-10H2,(H,23,27)(H,25,26). The lowest BCUT2D eigenvalue weighted by Gasteiger charge is -2.42. The van der Waals surface area contributed by atoms with Crippen LogP contribution in [-0.2, 0) is 9.59 Å². The number of nitrogens with zero attached hydrogens (tertiary/aromatic N) is 1. The van der Waals surface area contributed by atoms with E-state index in [-0.39, 0.29) is 41.9 Å². The van der Waals surface area contributed by atoms with Gasteiger partial charge in [0, 0.05) is 36.0 Å². The molecule has 3 aliphatic carbocycles. The summed E-state index contributed by atoms with van der Waals surface area (Å²) >= 11 is 0. The minimum absolute atomic E-state index is 0.0150. The Hall–Kier alpha value is -2.02. The second kappa shape index (κ2) is 7.19. The van der Waals surface area contributed by atoms with Crippen LogP contribution in [-0.4, -0.2) is 47.1 Å². The van der Waals surface area contributed by atoms with Gasteiger partial charge in [-0.15, -0.1) is 0 Å². The van der Waals surface area contributed by atoms with Gasteiger partial charge in [-0.2, -0.15) is 0 Å². The molecule has 0 radical (unpaired) electrons. The molecule has 1 amide bonds. The third-order valence-corrected chi connectivity index (χ3v) is 6.00. The van der Waals surface area contributed by atoms with E-state index in [1.807, 2.05) is 4.90 Å². The maximum absolute atomic E-state index is 13.8. The summed E-state index contributed by atoms with van der Waals surface area (Å²) in [7, 11) is 0. The summed E-state index contributed by atoms with van der Waals surface area (Å²) in [6.45, 7) is 0.855. The molecule has 0 saturated heterocycles. The molecule has 0 aromatic heterocycles. The quantitative estimate of drug-likeness (QED) is 0.729. The summed E-state index contributed by atoms with van der Waals surface area (Å²) in [5.41, 5.74) is 0.0150. The van der Waals surface area contributed by atoms with E-state index in [0.717, 1.165) is 19.4 Å². The smallest absolute Gasteiger partial charge is 0.317 e. The fraction of sp³-hybridized carbons (Fsp3) is 0.600. The first kappa shape index (κ1) is 18.3. The minimum atomic E-state index is -0.823. The van der Waals surface area contributed by atoms with Crippen molar-refractivity contribution in [2.75, 3.05) is 13.1 Å². The van der Waals surface area contributed by atoms with E-state index in [0.29, 0.717) is 12.3 Å². The number of carbonyl (C=O) groups excluding carboxylic acids is 1. The Morgan fingerprint density at radius 3 is 2.41 bits per heavy atom. The van der Waals surface area contributed by atoms with Gasteiger partial charge in [-0.1, -0.05) is 6.07 Å². The SMILES string of the molecule is O=C(O)CN(CC1CC1)C1CC(NC(=O)C2CC2c2c(F)cccc2F)C1. The summed E-state index contributed by atoms with van der Waals surface area (Å²) in [5, 5.41) is 12.1. The summed E-state index contributed by atoms with van der Waals surface area (Å²) < 4.78 is 27.7. The molecule has 3 fully saturated rings. The molecule has 1 aromatic carbocycles. The minimum Gasteiger partial charge on any atom is -0.480 e. The molecule has 1 aromatic rings. The van der Waals surface area contributed by atoms with Gasteiger partial charge in [0.25, 0.3) is 0 Å². The van der Waals surface area contributed by atoms with E-state index in [9.17, 15) is 18.4 Å². The topological polar surface area (TPSA) is 69.6 Å². The molecule has 0 heterocycles. The lowest BCUT2D eigenvalue weighted by Crippen LogP contribution is -2.55. The molecule has 146 valence electrons. The summed E-state index contributed by atoms with van der Waals surface area (Å²) in [5.74, 6) is -2.32. The van der Waals surface area contributed by atoms with Crippen LogP contribution >= 0.6 is 0 Å². The third kappa shape index (κ3) is 4.13. The zero-order valence-corrected chi connectivity index (χ0v) is 15.0. The second-order valence-corrected chi connectivity index (χ2v) is 8.18. The van der Waals surface area contributed by atoms with Crippen molar-refractivity contribution in [2.24, 2.45) is 11.8 Å². The molecule has 4 rings (SSSR count). The number of carbonyl (C=O) groups is 2. The Bertz CT molecular complexity index is 726. The van der Waals surface area contributed by atoms with Crippen molar-refractivity contribution in [3.63, 3.8) is 0 Å². The number of carboxylic acid groups (broad SMARTS) is 1. The van der Waals surface area contributed by atoms with E-state index < -0.39 is 17.6 Å². The molecule has 2 atom stereocenters. The third-order valence-electron chi connectivity index (χ3n) is 6.00. The van der Waals surface area contributed by atoms with Gasteiger partial charge >= 0.3 is 5.97 Å². The fourth-order valence-corrected chi connectivity index (χ4v) is 4.13. The lowest BCUT2D eigenvalue weighted by atomic mass is 9.85. The summed E-state index contributed by atoms with van der Waals surface area (Å²) in [6, 6.07) is 3.97. The number of halogens is 2. The Balaban J connectivity index is 1.26. The molecule has 2 N–H and O–H groups in total. The van der Waals surface area contributed by atoms with Crippen LogP contribution in [0.3, 0.4) is 0 Å². The van der Waals surface area contributed by atoms with Crippen molar-refractivity contribution < 1.29 is 23.5 Å². The van der Waals surface area contributed by atoms with E-state index >= 15 is 0 Å². The van der Waals surface area contributed by atoms with Gasteiger partial charge in [0.05, 0.1) is 6.54 Å². The van der Waals surface area contributed by atoms with E-state index in [4.69, 9.17) is 5.11 Å². The molecule has 27 heavy (non-hydrogen) atoms. The van der Waals surface area contributed by atoms with Gasteiger partial charge in [-0.25, -0.2) is 8.78 Å². The van der Waals surface area contributed by atoms with Crippen molar-refractivity contribution in [3.8, 4) is 0 Å². The van der Waals surface area contributed by atoms with Crippen LogP contribution in [0.25, 0.3) is 0 Å². The zero-order valence-electron chi connectivity index (χ0n) is 15.0. The molecule has 7 heteroatoms. The molecule has 5 nitrogen and oxygen atoms in total. The number of nitrogens with one attached hydrogen (secondary N) is 1. The molecule has 2 unspecified atom stereocenters. The van der Waals surface area contributed by atoms with Crippen LogP contribution in [0.15, 0.2) is 18.2 Å². The zero-order chi connectivity index (χ0) is 19.1. The van der Waals surface area contributed by atoms with Gasteiger partial charge in [-0.05, 0) is 50.2 Å². The Morgan fingerprint density at radius 1 is 1.15 bits per heavy atom. The van der Waals surface area contributed by atoms with Crippen LogP contribution in [0, 0.1) is 23.5 Å². The predicted molar refractivity (Wildman–Crippen MR) is 94.1 cm³/mol. The van der Waals surface area contributed by atoms with Crippen molar-refractivity contribution in [1.29, 1.82) is 0 Å². The number of aliphatic carboxylic acids is 1. The number of hydrogen-bond acceptors (Lipinski definition) is 3. The molecule has 0 aliphatic heterocycles. The number of amides is 1. The van der Waals surface area contributed by atoms with Crippen molar-refractivity contribution in [3.05, 3.63) is 35.4 Å². The highest BCUT2D eigenvalue weighted by Gasteiger charge is 2.48. The Kier molecular flexibility index (Phi) is 4.88. The van der Waals surface area contributed by atoms with Crippen LogP contribution in [0.1, 0.15) is 43.6 Å². The van der Waals surface area contributed by atoms with Crippen LogP contribution in [0.4, 0.5) is 8.78 Å². The Labute approximate surface area is 156 Å². The average molecular weight is 378 g/mol. The second-order valence-electron chi connectivity index (χ2n) is 8.18. The number of rotatable bonds is 8. The van der Waals surface area contributed by atoms with Crippen LogP contribution in [0.5, 0.6) is 0 Å². The van der Waals surface area contributed by atoms with E-state index in [2.05, 4.69) is 5.32 Å². The van der Waals surface area contributed by atoms with E-state index in [1.165, 1.54) is 31.0 Å². The summed E-state index contributed by atoms with van der Waals surface area (Å²) in [4.78, 5) is 25.5. The fourth-order valence-electron chi connectivity index (χ4n) is 4.13. The number of benzene rings is 1. The highest BCUT2D eigenvalue weighted by molar-refractivity contribution is 5.83. The number of hydrogen-bond donors (Lipinski definition) is 2. The molecule has 3 aliphatic rings. The lowest BCUT2D eigenvalue weighted by molar-refractivity contribution is -0.140. The summed E-state index contributed by atoms with van der Waals surface area (Å²) in [6.07, 6.45) is 4.26. The predicted octanol–water partition coefficient (Wildman–Crippen LogP) is 2.51. The highest BCUT2D eigenvalue weighted by Crippen LogP contribution is 2.49. The first-order valence-electron chi connectivity index (χ1n) is 9.62. The average Bonchev–Trinajstić information content (AvgIpc) is 3.44. The maximum atomic E-state index is 13.8. The first-order valence-corrected chi connectivity index (χ1v) is 9.62. The van der Waals surface area contributed by atoms with Crippen molar-refractivity contribution in [2.45, 2.75) is 50.1 Å².